The van der Waals surface area contributed by atoms with Crippen LogP contribution in [0.2, 0.25) is 0 Å². The maximum absolute atomic E-state index is 9.60. The molecule has 0 aliphatic heterocycles. The third kappa shape index (κ3) is 4.16. The summed E-state index contributed by atoms with van der Waals surface area (Å²) in [7, 11) is 1.85. The number of pyridine rings is 2. The van der Waals surface area contributed by atoms with Gasteiger partial charge in [0.05, 0.1) is 29.5 Å². The Labute approximate surface area is 197 Å². The number of rotatable bonds is 5. The van der Waals surface area contributed by atoms with Gasteiger partial charge in [-0.2, -0.15) is 15.5 Å². The summed E-state index contributed by atoms with van der Waals surface area (Å²) in [6, 6.07) is 10.6. The lowest BCUT2D eigenvalue weighted by molar-refractivity contribution is 0.299. The number of fused-ring (bicyclic) bond motifs is 1. The zero-order chi connectivity index (χ0) is 22.8. The normalized spacial score (nSPS) is 18.7. The molecule has 1 aliphatic carbocycles. The van der Waals surface area contributed by atoms with Gasteiger partial charge in [-0.25, -0.2) is 9.50 Å². The molecule has 0 bridgehead atoms. The quantitative estimate of drug-likeness (QED) is 0.379. The van der Waals surface area contributed by atoms with E-state index in [1.54, 1.807) is 28.7 Å². The average Bonchev–Trinajstić information content (AvgIpc) is 3.44. The Morgan fingerprint density at radius 1 is 1.18 bits per heavy atom. The van der Waals surface area contributed by atoms with Gasteiger partial charge in [-0.15, -0.1) is 0 Å². The van der Waals surface area contributed by atoms with Crippen molar-refractivity contribution in [2.24, 2.45) is 10.9 Å². The monoisotopic (exact) mass is 455 g/mol. The molecule has 1 aliphatic rings. The maximum atomic E-state index is 9.60. The molecule has 0 spiro atoms. The van der Waals surface area contributed by atoms with Crippen molar-refractivity contribution in [2.75, 3.05) is 7.05 Å². The summed E-state index contributed by atoms with van der Waals surface area (Å²) in [6.45, 7) is 2.14. The second kappa shape index (κ2) is 9.20. The number of aromatic nitrogens is 5. The van der Waals surface area contributed by atoms with Crippen LogP contribution >= 0.6 is 11.8 Å². The summed E-state index contributed by atoms with van der Waals surface area (Å²) in [6.07, 6.45) is 14.0. The minimum absolute atomic E-state index is 0.418. The molecule has 33 heavy (non-hydrogen) atoms. The van der Waals surface area contributed by atoms with E-state index in [1.165, 1.54) is 0 Å². The van der Waals surface area contributed by atoms with E-state index < -0.39 is 0 Å². The molecule has 4 aromatic rings. The van der Waals surface area contributed by atoms with Gasteiger partial charge in [0.15, 0.2) is 0 Å². The molecule has 7 nitrogen and oxygen atoms in total. The van der Waals surface area contributed by atoms with Crippen molar-refractivity contribution in [1.82, 2.24) is 24.4 Å². The molecule has 0 radical (unpaired) electrons. The van der Waals surface area contributed by atoms with Crippen LogP contribution in [0.4, 0.5) is 0 Å². The Morgan fingerprint density at radius 3 is 2.76 bits per heavy atom. The predicted molar refractivity (Wildman–Crippen MR) is 130 cm³/mol. The summed E-state index contributed by atoms with van der Waals surface area (Å²) in [5.41, 5.74) is 4.64. The molecule has 4 aromatic heterocycles. The fourth-order valence-corrected chi connectivity index (χ4v) is 5.66. The van der Waals surface area contributed by atoms with E-state index in [0.717, 1.165) is 57.9 Å². The smallest absolute Gasteiger partial charge is 0.103 e. The van der Waals surface area contributed by atoms with E-state index >= 15 is 0 Å². The second-order valence-corrected chi connectivity index (χ2v) is 9.45. The Balaban J connectivity index is 1.51. The molecule has 8 heteroatoms. The van der Waals surface area contributed by atoms with E-state index in [1.807, 2.05) is 37.6 Å². The summed E-state index contributed by atoms with van der Waals surface area (Å²) >= 11 is 1.54. The predicted octanol–water partition coefficient (Wildman–Crippen LogP) is 5.36. The van der Waals surface area contributed by atoms with Gasteiger partial charge < -0.3 is 4.99 Å². The second-order valence-electron chi connectivity index (χ2n) is 8.39. The Kier molecular flexibility index (Phi) is 5.97. The lowest BCUT2D eigenvalue weighted by Gasteiger charge is -2.27. The van der Waals surface area contributed by atoms with Gasteiger partial charge in [-0.05, 0) is 56.7 Å². The highest BCUT2D eigenvalue weighted by atomic mass is 32.2. The lowest BCUT2D eigenvalue weighted by atomic mass is 9.86. The third-order valence-electron chi connectivity index (χ3n) is 6.35. The molecule has 0 aromatic carbocycles. The van der Waals surface area contributed by atoms with Gasteiger partial charge in [-0.1, -0.05) is 17.8 Å². The number of hydrogen-bond donors (Lipinski definition) is 0. The van der Waals surface area contributed by atoms with E-state index in [0.29, 0.717) is 17.5 Å². The number of nitriles is 1. The first-order valence-electron chi connectivity index (χ1n) is 11.1. The third-order valence-corrected chi connectivity index (χ3v) is 7.33. The SMILES string of the molecule is CN=CC1CCC(n2ncc(-c3cc(Sc4ccccn4)c4c(C#N)cnn4c3)c2C)CC1. The van der Waals surface area contributed by atoms with Gasteiger partial charge >= 0.3 is 0 Å². The minimum atomic E-state index is 0.418. The Bertz CT molecular complexity index is 1340. The van der Waals surface area contributed by atoms with E-state index in [4.69, 9.17) is 5.10 Å². The standard InChI is InChI=1S/C25H25N7S/c1-17-22(15-30-32(17)21-8-6-18(7-9-21)13-27-2)19-11-23(33-24-5-3-4-10-28-24)25-20(12-26)14-29-31(25)16-19/h3-5,10-11,13-16,18,21H,6-9H2,1-2H3. The molecule has 5 rings (SSSR count). The highest BCUT2D eigenvalue weighted by Gasteiger charge is 2.24. The maximum Gasteiger partial charge on any atom is 0.103 e. The molecule has 0 saturated heterocycles. The highest BCUT2D eigenvalue weighted by Crippen LogP contribution is 2.37. The molecule has 0 amide bonds. The fourth-order valence-electron chi connectivity index (χ4n) is 4.69. The van der Waals surface area contributed by atoms with E-state index in [2.05, 4.69) is 45.0 Å². The molecule has 0 N–H and O–H groups in total. The molecule has 1 fully saturated rings. The van der Waals surface area contributed by atoms with Crippen molar-refractivity contribution in [3.63, 3.8) is 0 Å². The first-order chi connectivity index (χ1) is 16.2. The fraction of sp³-hybridized carbons (Fsp3) is 0.320. The minimum Gasteiger partial charge on any atom is -0.301 e. The summed E-state index contributed by atoms with van der Waals surface area (Å²) < 4.78 is 3.99. The van der Waals surface area contributed by atoms with Crippen LogP contribution in [0, 0.1) is 24.2 Å². The Hall–Kier alpha value is -3.44. The van der Waals surface area contributed by atoms with E-state index in [9.17, 15) is 5.26 Å². The van der Waals surface area contributed by atoms with Crippen LogP contribution in [-0.2, 0) is 0 Å². The number of aliphatic imine (C=N–C) groups is 1. The highest BCUT2D eigenvalue weighted by molar-refractivity contribution is 7.99. The number of nitrogens with zero attached hydrogens (tertiary/aromatic N) is 7. The number of hydrogen-bond acceptors (Lipinski definition) is 6. The first kappa shape index (κ1) is 21.4. The molecule has 4 heterocycles. The summed E-state index contributed by atoms with van der Waals surface area (Å²) in [5.74, 6) is 0.587. The molecule has 0 unspecified atom stereocenters. The van der Waals surface area contributed by atoms with Gasteiger partial charge in [0.25, 0.3) is 0 Å². The van der Waals surface area contributed by atoms with Crippen LogP contribution in [-0.4, -0.2) is 37.6 Å². The van der Waals surface area contributed by atoms with Crippen molar-refractivity contribution in [2.45, 2.75) is 48.6 Å². The van der Waals surface area contributed by atoms with Gasteiger partial charge in [0, 0.05) is 47.4 Å². The van der Waals surface area contributed by atoms with Crippen molar-refractivity contribution in [3.8, 4) is 17.2 Å². The van der Waals surface area contributed by atoms with Crippen LogP contribution in [0.25, 0.3) is 16.6 Å². The van der Waals surface area contributed by atoms with Gasteiger partial charge in [0.1, 0.15) is 11.1 Å². The van der Waals surface area contributed by atoms with Gasteiger partial charge in [-0.3, -0.25) is 4.68 Å². The summed E-state index contributed by atoms with van der Waals surface area (Å²) in [4.78, 5) is 9.61. The first-order valence-corrected chi connectivity index (χ1v) is 12.0. The van der Waals surface area contributed by atoms with Crippen molar-refractivity contribution < 1.29 is 0 Å². The van der Waals surface area contributed by atoms with Crippen molar-refractivity contribution in [1.29, 1.82) is 5.26 Å². The summed E-state index contributed by atoms with van der Waals surface area (Å²) in [5, 5.41) is 19.7. The molecule has 1 saturated carbocycles. The largest absolute Gasteiger partial charge is 0.301 e. The van der Waals surface area contributed by atoms with Crippen LogP contribution in [0.15, 0.2) is 64.0 Å². The van der Waals surface area contributed by atoms with Crippen molar-refractivity contribution in [3.05, 3.63) is 60.3 Å². The van der Waals surface area contributed by atoms with Crippen LogP contribution in [0.5, 0.6) is 0 Å². The van der Waals surface area contributed by atoms with Crippen molar-refractivity contribution >= 4 is 23.5 Å². The average molecular weight is 456 g/mol. The van der Waals surface area contributed by atoms with E-state index in [-0.39, 0.29) is 0 Å². The molecular formula is C25H25N7S. The topological polar surface area (TPSA) is 84.2 Å². The zero-order valence-electron chi connectivity index (χ0n) is 18.7. The molecule has 0 atom stereocenters. The van der Waals surface area contributed by atoms with Crippen LogP contribution in [0.1, 0.15) is 43.0 Å². The molecule has 166 valence electrons. The Morgan fingerprint density at radius 2 is 2.03 bits per heavy atom. The molecular weight excluding hydrogens is 430 g/mol. The van der Waals surface area contributed by atoms with Crippen LogP contribution in [0.3, 0.4) is 0 Å². The van der Waals surface area contributed by atoms with Crippen LogP contribution < -0.4 is 0 Å². The van der Waals surface area contributed by atoms with Gasteiger partial charge in [0.2, 0.25) is 0 Å². The zero-order valence-corrected chi connectivity index (χ0v) is 19.5. The lowest BCUT2D eigenvalue weighted by Crippen LogP contribution is -2.20.